The average Bonchev–Trinajstić information content (AvgIpc) is 2.73. The second-order valence-corrected chi connectivity index (χ2v) is 8.45. The van der Waals surface area contributed by atoms with E-state index >= 15 is 0 Å². The van der Waals surface area contributed by atoms with Crippen molar-refractivity contribution in [3.05, 3.63) is 65.7 Å². The van der Waals surface area contributed by atoms with Crippen LogP contribution in [0.4, 0.5) is 0 Å². The summed E-state index contributed by atoms with van der Waals surface area (Å²) in [5.74, 6) is -1.58. The zero-order chi connectivity index (χ0) is 22.3. The molecule has 2 atom stereocenters. The molecule has 2 aromatic rings. The summed E-state index contributed by atoms with van der Waals surface area (Å²) >= 11 is 0. The summed E-state index contributed by atoms with van der Waals surface area (Å²) in [5.41, 5.74) is 1.27. The van der Waals surface area contributed by atoms with Crippen molar-refractivity contribution in [1.29, 1.82) is 0 Å². The third-order valence-corrected chi connectivity index (χ3v) is 5.73. The zero-order valence-electron chi connectivity index (χ0n) is 16.9. The Kier molecular flexibility index (Phi) is 7.85. The number of nitrogens with one attached hydrogen (secondary N) is 2. The lowest BCUT2D eigenvalue weighted by molar-refractivity contribution is -0.153. The van der Waals surface area contributed by atoms with Crippen molar-refractivity contribution in [1.82, 2.24) is 10.0 Å². The Balaban J connectivity index is 1.86. The van der Waals surface area contributed by atoms with Crippen LogP contribution in [0.3, 0.4) is 0 Å². The van der Waals surface area contributed by atoms with Crippen molar-refractivity contribution >= 4 is 27.7 Å². The highest BCUT2D eigenvalue weighted by atomic mass is 32.2. The largest absolute Gasteiger partial charge is 0.452 e. The van der Waals surface area contributed by atoms with Gasteiger partial charge < -0.3 is 10.1 Å². The molecule has 0 aromatic heterocycles. The Morgan fingerprint density at radius 2 is 1.57 bits per heavy atom. The van der Waals surface area contributed by atoms with Crippen LogP contribution in [-0.2, 0) is 24.3 Å². The van der Waals surface area contributed by atoms with Gasteiger partial charge >= 0.3 is 5.97 Å². The standard InChI is InChI=1S/C21H24N2O6S/c1-14(17-7-5-4-6-8-17)23-21(26)16(3)29-20(25)13-22-30(27,28)19-11-9-18(10-12-19)15(2)24/h4-12,14,16,22H,13H2,1-3H3,(H,23,26). The second kappa shape index (κ2) is 10.1. The van der Waals surface area contributed by atoms with Crippen molar-refractivity contribution in [2.75, 3.05) is 6.54 Å². The fraction of sp³-hybridized carbons (Fsp3) is 0.286. The molecule has 0 spiro atoms. The maximum absolute atomic E-state index is 12.3. The monoisotopic (exact) mass is 432 g/mol. The zero-order valence-corrected chi connectivity index (χ0v) is 17.7. The van der Waals surface area contributed by atoms with E-state index in [9.17, 15) is 22.8 Å². The maximum Gasteiger partial charge on any atom is 0.321 e. The molecule has 0 saturated heterocycles. The first kappa shape index (κ1) is 23.2. The van der Waals surface area contributed by atoms with Gasteiger partial charge in [-0.15, -0.1) is 0 Å². The Bertz CT molecular complexity index is 1000. The van der Waals surface area contributed by atoms with Gasteiger partial charge in [0, 0.05) is 5.56 Å². The summed E-state index contributed by atoms with van der Waals surface area (Å²) in [6, 6.07) is 14.3. The van der Waals surface area contributed by atoms with Crippen LogP contribution in [0.5, 0.6) is 0 Å². The number of hydrogen-bond acceptors (Lipinski definition) is 6. The van der Waals surface area contributed by atoms with Crippen molar-refractivity contribution in [3.63, 3.8) is 0 Å². The van der Waals surface area contributed by atoms with E-state index in [1.165, 1.54) is 38.1 Å². The predicted molar refractivity (Wildman–Crippen MR) is 110 cm³/mol. The summed E-state index contributed by atoms with van der Waals surface area (Å²) in [7, 11) is -3.97. The van der Waals surface area contributed by atoms with E-state index < -0.39 is 34.5 Å². The van der Waals surface area contributed by atoms with Gasteiger partial charge in [-0.2, -0.15) is 4.72 Å². The Morgan fingerprint density at radius 1 is 0.967 bits per heavy atom. The molecule has 2 rings (SSSR count). The number of carbonyl (C=O) groups is 3. The number of esters is 1. The molecule has 0 aliphatic rings. The minimum atomic E-state index is -3.97. The van der Waals surface area contributed by atoms with Crippen molar-refractivity contribution in [3.8, 4) is 0 Å². The first-order valence-corrected chi connectivity index (χ1v) is 10.7. The molecule has 30 heavy (non-hydrogen) atoms. The highest BCUT2D eigenvalue weighted by Crippen LogP contribution is 2.12. The van der Waals surface area contributed by atoms with Gasteiger partial charge in [0.15, 0.2) is 11.9 Å². The van der Waals surface area contributed by atoms with Gasteiger partial charge in [-0.1, -0.05) is 42.5 Å². The van der Waals surface area contributed by atoms with Crippen LogP contribution in [0.15, 0.2) is 59.5 Å². The van der Waals surface area contributed by atoms with Crippen LogP contribution in [0, 0.1) is 0 Å². The van der Waals surface area contributed by atoms with Gasteiger partial charge in [0.2, 0.25) is 10.0 Å². The minimum Gasteiger partial charge on any atom is -0.452 e. The molecule has 2 N–H and O–H groups in total. The number of sulfonamides is 1. The number of benzene rings is 2. The molecular weight excluding hydrogens is 408 g/mol. The highest BCUT2D eigenvalue weighted by molar-refractivity contribution is 7.89. The lowest BCUT2D eigenvalue weighted by Crippen LogP contribution is -2.39. The molecule has 0 heterocycles. The second-order valence-electron chi connectivity index (χ2n) is 6.68. The molecule has 0 aliphatic carbocycles. The number of hydrogen-bond donors (Lipinski definition) is 2. The first-order chi connectivity index (χ1) is 14.1. The van der Waals surface area contributed by atoms with Crippen molar-refractivity contribution < 1.29 is 27.5 Å². The molecule has 0 fully saturated rings. The van der Waals surface area contributed by atoms with Gasteiger partial charge in [-0.25, -0.2) is 8.42 Å². The smallest absolute Gasteiger partial charge is 0.321 e. The lowest BCUT2D eigenvalue weighted by Gasteiger charge is -2.18. The predicted octanol–water partition coefficient (Wildman–Crippen LogP) is 1.98. The molecule has 2 unspecified atom stereocenters. The van der Waals surface area contributed by atoms with Gasteiger partial charge in [0.25, 0.3) is 5.91 Å². The fourth-order valence-corrected chi connectivity index (χ4v) is 3.52. The van der Waals surface area contributed by atoms with Crippen LogP contribution in [0.2, 0.25) is 0 Å². The Hall–Kier alpha value is -3.04. The van der Waals surface area contributed by atoms with Crippen LogP contribution in [0.25, 0.3) is 0 Å². The van der Waals surface area contributed by atoms with Gasteiger partial charge in [0.1, 0.15) is 6.54 Å². The fourth-order valence-electron chi connectivity index (χ4n) is 2.55. The number of Topliss-reactive ketones (excluding diaryl/α,β-unsaturated/α-hetero) is 1. The van der Waals surface area contributed by atoms with E-state index in [4.69, 9.17) is 4.74 Å². The molecule has 9 heteroatoms. The number of ketones is 1. The first-order valence-electron chi connectivity index (χ1n) is 9.25. The summed E-state index contributed by atoms with van der Waals surface area (Å²) in [5, 5.41) is 2.73. The lowest BCUT2D eigenvalue weighted by atomic mass is 10.1. The van der Waals surface area contributed by atoms with Gasteiger partial charge in [-0.3, -0.25) is 14.4 Å². The molecule has 2 aromatic carbocycles. The quantitative estimate of drug-likeness (QED) is 0.462. The van der Waals surface area contributed by atoms with E-state index in [2.05, 4.69) is 10.0 Å². The summed E-state index contributed by atoms with van der Waals surface area (Å²) < 4.78 is 31.6. The maximum atomic E-state index is 12.3. The van der Waals surface area contributed by atoms with E-state index in [-0.39, 0.29) is 16.7 Å². The van der Waals surface area contributed by atoms with E-state index in [0.29, 0.717) is 5.56 Å². The number of amides is 1. The molecule has 0 radical (unpaired) electrons. The Labute approximate surface area is 175 Å². The third kappa shape index (κ3) is 6.50. The normalized spacial score (nSPS) is 13.2. The molecular formula is C21H24N2O6S. The van der Waals surface area contributed by atoms with Crippen LogP contribution in [0.1, 0.15) is 42.7 Å². The molecule has 0 saturated carbocycles. The molecule has 8 nitrogen and oxygen atoms in total. The number of carbonyl (C=O) groups excluding carboxylic acids is 3. The van der Waals surface area contributed by atoms with Crippen molar-refractivity contribution in [2.45, 2.75) is 37.8 Å². The van der Waals surface area contributed by atoms with Gasteiger partial charge in [0.05, 0.1) is 10.9 Å². The van der Waals surface area contributed by atoms with Crippen molar-refractivity contribution in [2.24, 2.45) is 0 Å². The van der Waals surface area contributed by atoms with Gasteiger partial charge in [-0.05, 0) is 38.5 Å². The molecule has 160 valence electrons. The highest BCUT2D eigenvalue weighted by Gasteiger charge is 2.22. The number of ether oxygens (including phenoxy) is 1. The van der Waals surface area contributed by atoms with Crippen LogP contribution in [-0.4, -0.2) is 38.7 Å². The summed E-state index contributed by atoms with van der Waals surface area (Å²) in [6.45, 7) is 3.94. The Morgan fingerprint density at radius 3 is 2.13 bits per heavy atom. The summed E-state index contributed by atoms with van der Waals surface area (Å²) in [4.78, 5) is 35.4. The SMILES string of the molecule is CC(=O)c1ccc(S(=O)(=O)NCC(=O)OC(C)C(=O)NC(C)c2ccccc2)cc1. The topological polar surface area (TPSA) is 119 Å². The van der Waals surface area contributed by atoms with Crippen LogP contribution >= 0.6 is 0 Å². The van der Waals surface area contributed by atoms with E-state index in [1.807, 2.05) is 30.3 Å². The third-order valence-electron chi connectivity index (χ3n) is 4.31. The summed E-state index contributed by atoms with van der Waals surface area (Å²) in [6.07, 6.45) is -1.09. The molecule has 0 aliphatic heterocycles. The van der Waals surface area contributed by atoms with Crippen LogP contribution < -0.4 is 10.0 Å². The number of rotatable bonds is 9. The van der Waals surface area contributed by atoms with E-state index in [0.717, 1.165) is 5.56 Å². The average molecular weight is 432 g/mol. The molecule has 1 amide bonds. The minimum absolute atomic E-state index is 0.0947. The molecule has 0 bridgehead atoms. The van der Waals surface area contributed by atoms with E-state index in [1.54, 1.807) is 6.92 Å².